The van der Waals surface area contributed by atoms with Crippen LogP contribution in [0.2, 0.25) is 0 Å². The van der Waals surface area contributed by atoms with Crippen LogP contribution >= 0.6 is 0 Å². The highest BCUT2D eigenvalue weighted by Crippen LogP contribution is 2.39. The lowest BCUT2D eigenvalue weighted by molar-refractivity contribution is 0.282. The van der Waals surface area contributed by atoms with Crippen LogP contribution < -0.4 is 5.43 Å². The van der Waals surface area contributed by atoms with Gasteiger partial charge < -0.3 is 10.1 Å². The zero-order valence-electron chi connectivity index (χ0n) is 11.7. The number of nitrogens with zero attached hydrogens (tertiary/aromatic N) is 2. The highest BCUT2D eigenvalue weighted by molar-refractivity contribution is 5.81. The van der Waals surface area contributed by atoms with E-state index in [1.807, 2.05) is 48.5 Å². The third-order valence-electron chi connectivity index (χ3n) is 4.05. The normalized spacial score (nSPS) is 16.4. The Kier molecular flexibility index (Phi) is 2.78. The Hall–Kier alpha value is -2.97. The van der Waals surface area contributed by atoms with Gasteiger partial charge in [0.25, 0.3) is 0 Å². The van der Waals surface area contributed by atoms with Gasteiger partial charge in [-0.15, -0.1) is 0 Å². The number of nitrogens with one attached hydrogen (secondary N) is 2. The van der Waals surface area contributed by atoms with Crippen molar-refractivity contribution >= 4 is 16.6 Å². The second kappa shape index (κ2) is 4.79. The topological polar surface area (TPSA) is 75.1 Å². The van der Waals surface area contributed by atoms with Crippen LogP contribution in [0.5, 0.6) is 0 Å². The van der Waals surface area contributed by atoms with Gasteiger partial charge in [0.05, 0.1) is 12.3 Å². The molecule has 5 nitrogen and oxygen atoms in total. The highest BCUT2D eigenvalue weighted by atomic mass is 16.3. The van der Waals surface area contributed by atoms with Crippen molar-refractivity contribution in [3.63, 3.8) is 0 Å². The van der Waals surface area contributed by atoms with Crippen LogP contribution in [-0.4, -0.2) is 15.1 Å². The summed E-state index contributed by atoms with van der Waals surface area (Å²) < 4.78 is 0. The zero-order chi connectivity index (χ0) is 15.1. The third-order valence-corrected chi connectivity index (χ3v) is 4.05. The van der Waals surface area contributed by atoms with Crippen LogP contribution in [0.4, 0.5) is 5.69 Å². The molecule has 1 unspecified atom stereocenters. The van der Waals surface area contributed by atoms with E-state index < -0.39 is 0 Å². The number of aromatic amines is 1. The molecule has 0 radical (unpaired) electrons. The molecule has 5 heteroatoms. The van der Waals surface area contributed by atoms with Crippen LogP contribution in [0.15, 0.2) is 48.5 Å². The first-order valence-electron chi connectivity index (χ1n) is 7.07. The van der Waals surface area contributed by atoms with E-state index in [0.717, 1.165) is 33.4 Å². The largest absolute Gasteiger partial charge is 0.392 e. The molecule has 3 aromatic rings. The Morgan fingerprint density at radius 2 is 2.05 bits per heavy atom. The van der Waals surface area contributed by atoms with E-state index in [9.17, 15) is 10.4 Å². The molecule has 4 rings (SSSR count). The number of hydrogen-bond donors (Lipinski definition) is 3. The van der Waals surface area contributed by atoms with Crippen LogP contribution in [0.3, 0.4) is 0 Å². The number of aromatic nitrogens is 1. The molecule has 22 heavy (non-hydrogen) atoms. The van der Waals surface area contributed by atoms with Gasteiger partial charge in [-0.25, -0.2) is 5.01 Å². The van der Waals surface area contributed by atoms with Crippen LogP contribution in [0, 0.1) is 11.5 Å². The van der Waals surface area contributed by atoms with Crippen molar-refractivity contribution in [3.05, 3.63) is 65.4 Å². The first-order valence-corrected chi connectivity index (χ1v) is 7.07. The summed E-state index contributed by atoms with van der Waals surface area (Å²) in [6, 6.07) is 15.6. The molecule has 0 amide bonds. The van der Waals surface area contributed by atoms with Gasteiger partial charge >= 0.3 is 0 Å². The molecule has 0 bridgehead atoms. The third kappa shape index (κ3) is 1.82. The van der Waals surface area contributed by atoms with E-state index in [1.54, 1.807) is 5.01 Å². The molecule has 0 saturated carbocycles. The van der Waals surface area contributed by atoms with E-state index in [0.29, 0.717) is 0 Å². The van der Waals surface area contributed by atoms with E-state index in [1.165, 1.54) is 0 Å². The molecular weight excluding hydrogens is 276 g/mol. The Balaban J connectivity index is 1.85. The number of aliphatic hydroxyl groups is 1. The second-order valence-corrected chi connectivity index (χ2v) is 5.38. The van der Waals surface area contributed by atoms with Gasteiger partial charge in [-0.2, -0.15) is 5.26 Å². The number of nitriles is 1. The molecule has 0 fully saturated rings. The lowest BCUT2D eigenvalue weighted by Gasteiger charge is -2.17. The van der Waals surface area contributed by atoms with Crippen molar-refractivity contribution in [2.45, 2.75) is 12.6 Å². The van der Waals surface area contributed by atoms with Gasteiger partial charge in [0, 0.05) is 22.2 Å². The van der Waals surface area contributed by atoms with Crippen molar-refractivity contribution in [2.24, 2.45) is 0 Å². The fraction of sp³-hybridized carbons (Fsp3) is 0.118. The minimum Gasteiger partial charge on any atom is -0.392 e. The number of hydrazine groups is 1. The maximum absolute atomic E-state index is 9.39. The number of benzene rings is 2. The van der Waals surface area contributed by atoms with E-state index in [2.05, 4.69) is 16.6 Å². The molecule has 108 valence electrons. The van der Waals surface area contributed by atoms with Gasteiger partial charge in [0.1, 0.15) is 6.04 Å². The van der Waals surface area contributed by atoms with Crippen LogP contribution in [0.25, 0.3) is 10.9 Å². The van der Waals surface area contributed by atoms with Gasteiger partial charge in [-0.05, 0) is 29.8 Å². The van der Waals surface area contributed by atoms with Crippen LogP contribution in [-0.2, 0) is 6.61 Å². The second-order valence-electron chi connectivity index (χ2n) is 5.38. The Morgan fingerprint density at radius 1 is 1.18 bits per heavy atom. The summed E-state index contributed by atoms with van der Waals surface area (Å²) in [5, 5.41) is 21.2. The van der Waals surface area contributed by atoms with Crippen molar-refractivity contribution in [1.29, 1.82) is 5.26 Å². The molecule has 0 aliphatic carbocycles. The number of H-pyrrole nitrogens is 1. The number of rotatable bonds is 2. The SMILES string of the molecule is N#CN1Nc2ccccc2C1c1cc2cc(CO)ccc2[nH]1. The number of hydrogen-bond acceptors (Lipinski definition) is 4. The monoisotopic (exact) mass is 290 g/mol. The molecule has 0 spiro atoms. The molecule has 2 heterocycles. The predicted octanol–water partition coefficient (Wildman–Crippen LogP) is 2.87. The number of para-hydroxylation sites is 1. The summed E-state index contributed by atoms with van der Waals surface area (Å²) in [7, 11) is 0. The summed E-state index contributed by atoms with van der Waals surface area (Å²) in [4.78, 5) is 3.38. The lowest BCUT2D eigenvalue weighted by atomic mass is 10.0. The minimum atomic E-state index is -0.175. The molecule has 1 atom stereocenters. The Labute approximate surface area is 127 Å². The first kappa shape index (κ1) is 12.7. The van der Waals surface area contributed by atoms with Crippen molar-refractivity contribution in [3.8, 4) is 6.19 Å². The van der Waals surface area contributed by atoms with Crippen molar-refractivity contribution in [1.82, 2.24) is 9.99 Å². The standard InChI is InChI=1S/C17H14N4O/c18-10-21-17(13-3-1-2-4-15(13)20-21)16-8-12-7-11(9-22)5-6-14(12)19-16/h1-8,17,19-20,22H,9H2. The molecular formula is C17H14N4O. The number of anilines is 1. The Bertz CT molecular complexity index is 893. The zero-order valence-corrected chi connectivity index (χ0v) is 11.7. The molecule has 1 aliphatic heterocycles. The van der Waals surface area contributed by atoms with Crippen molar-refractivity contribution < 1.29 is 5.11 Å². The summed E-state index contributed by atoms with van der Waals surface area (Å²) in [5.74, 6) is 0. The summed E-state index contributed by atoms with van der Waals surface area (Å²) in [5.41, 5.74) is 7.95. The lowest BCUT2D eigenvalue weighted by Crippen LogP contribution is -2.23. The average molecular weight is 290 g/mol. The maximum Gasteiger partial charge on any atom is 0.200 e. The van der Waals surface area contributed by atoms with E-state index in [-0.39, 0.29) is 12.6 Å². The molecule has 0 saturated heterocycles. The highest BCUT2D eigenvalue weighted by Gasteiger charge is 2.31. The first-order chi connectivity index (χ1) is 10.8. The average Bonchev–Trinajstić information content (AvgIpc) is 3.14. The minimum absolute atomic E-state index is 0.0224. The molecule has 2 aromatic carbocycles. The predicted molar refractivity (Wildman–Crippen MR) is 83.6 cm³/mol. The van der Waals surface area contributed by atoms with Gasteiger partial charge in [-0.1, -0.05) is 24.3 Å². The number of aliphatic hydroxyl groups excluding tert-OH is 1. The number of fused-ring (bicyclic) bond motifs is 2. The fourth-order valence-electron chi connectivity index (χ4n) is 3.01. The van der Waals surface area contributed by atoms with Gasteiger partial charge in [0.2, 0.25) is 6.19 Å². The van der Waals surface area contributed by atoms with Crippen molar-refractivity contribution in [2.75, 3.05) is 5.43 Å². The molecule has 3 N–H and O–H groups in total. The maximum atomic E-state index is 9.39. The molecule has 1 aromatic heterocycles. The van der Waals surface area contributed by atoms with Gasteiger partial charge in [-0.3, -0.25) is 5.43 Å². The summed E-state index contributed by atoms with van der Waals surface area (Å²) in [6.07, 6.45) is 2.19. The fourth-order valence-corrected chi connectivity index (χ4v) is 3.01. The smallest absolute Gasteiger partial charge is 0.200 e. The Morgan fingerprint density at radius 3 is 2.86 bits per heavy atom. The van der Waals surface area contributed by atoms with E-state index >= 15 is 0 Å². The summed E-state index contributed by atoms with van der Waals surface area (Å²) >= 11 is 0. The van der Waals surface area contributed by atoms with E-state index in [4.69, 9.17) is 0 Å². The molecule has 1 aliphatic rings. The quantitative estimate of drug-likeness (QED) is 0.634. The van der Waals surface area contributed by atoms with Gasteiger partial charge in [0.15, 0.2) is 0 Å². The van der Waals surface area contributed by atoms with Crippen LogP contribution in [0.1, 0.15) is 22.9 Å². The summed E-state index contributed by atoms with van der Waals surface area (Å²) in [6.45, 7) is 0.0224.